The molecule has 0 saturated carbocycles. The molecule has 2 N–H and O–H groups in total. The average molecular weight is 399 g/mol. The Kier molecular flexibility index (Phi) is 5.43. The first-order valence-corrected chi connectivity index (χ1v) is 9.41. The second-order valence-electron chi connectivity index (χ2n) is 6.85. The van der Waals surface area contributed by atoms with E-state index < -0.39 is 0 Å². The normalized spacial score (nSPS) is 10.5. The fourth-order valence-corrected chi connectivity index (χ4v) is 2.91. The summed E-state index contributed by atoms with van der Waals surface area (Å²) in [6.07, 6.45) is 1.48. The van der Waals surface area contributed by atoms with Crippen LogP contribution in [0.1, 0.15) is 0 Å². The van der Waals surface area contributed by atoms with Crippen LogP contribution in [-0.2, 0) is 0 Å². The summed E-state index contributed by atoms with van der Waals surface area (Å²) in [5.74, 6) is 1.09. The first-order chi connectivity index (χ1) is 14.6. The lowest BCUT2D eigenvalue weighted by Crippen LogP contribution is -2.19. The molecule has 2 amide bonds. The summed E-state index contributed by atoms with van der Waals surface area (Å²) in [5, 5.41) is 6.40. The lowest BCUT2D eigenvalue weighted by molar-refractivity contribution is 0.262. The second-order valence-corrected chi connectivity index (χ2v) is 6.85. The zero-order chi connectivity index (χ0) is 20.9. The van der Waals surface area contributed by atoms with E-state index in [-0.39, 0.29) is 6.03 Å². The van der Waals surface area contributed by atoms with Crippen LogP contribution in [0.4, 0.5) is 21.9 Å². The molecule has 7 heteroatoms. The number of hydrogen-bond acceptors (Lipinski definition) is 5. The van der Waals surface area contributed by atoms with Gasteiger partial charge in [-0.3, -0.25) is 0 Å². The van der Waals surface area contributed by atoms with Crippen LogP contribution in [0.25, 0.3) is 10.9 Å². The van der Waals surface area contributed by atoms with Gasteiger partial charge in [-0.25, -0.2) is 14.8 Å². The highest BCUT2D eigenvalue weighted by Crippen LogP contribution is 2.30. The Bertz CT molecular complexity index is 1160. The minimum atomic E-state index is -0.312. The maximum Gasteiger partial charge on any atom is 0.323 e. The van der Waals surface area contributed by atoms with Crippen molar-refractivity contribution in [3.63, 3.8) is 0 Å². The van der Waals surface area contributed by atoms with E-state index in [1.54, 1.807) is 24.3 Å². The van der Waals surface area contributed by atoms with E-state index in [4.69, 9.17) is 4.74 Å². The van der Waals surface area contributed by atoms with Crippen LogP contribution < -0.4 is 20.3 Å². The van der Waals surface area contributed by atoms with E-state index in [1.165, 1.54) is 6.33 Å². The molecule has 0 aliphatic carbocycles. The first kappa shape index (κ1) is 19.2. The highest BCUT2D eigenvalue weighted by Gasteiger charge is 2.09. The van der Waals surface area contributed by atoms with Crippen molar-refractivity contribution in [2.75, 3.05) is 29.6 Å². The molecule has 0 aliphatic heterocycles. The van der Waals surface area contributed by atoms with Gasteiger partial charge in [-0.05, 0) is 54.6 Å². The molecule has 4 aromatic rings. The average Bonchev–Trinajstić information content (AvgIpc) is 2.75. The van der Waals surface area contributed by atoms with Gasteiger partial charge in [0.2, 0.25) is 5.88 Å². The van der Waals surface area contributed by atoms with Gasteiger partial charge < -0.3 is 20.3 Å². The van der Waals surface area contributed by atoms with Crippen molar-refractivity contribution in [1.82, 2.24) is 9.97 Å². The first-order valence-electron chi connectivity index (χ1n) is 9.41. The Labute approximate surface area is 174 Å². The topological polar surface area (TPSA) is 79.4 Å². The number of anilines is 3. The Balaban J connectivity index is 1.47. The molecular formula is C23H21N5O2. The molecule has 0 unspecified atom stereocenters. The molecule has 0 atom stereocenters. The Morgan fingerprint density at radius 3 is 2.27 bits per heavy atom. The van der Waals surface area contributed by atoms with Crippen molar-refractivity contribution in [3.8, 4) is 11.6 Å². The van der Waals surface area contributed by atoms with Gasteiger partial charge in [0.25, 0.3) is 0 Å². The van der Waals surface area contributed by atoms with Gasteiger partial charge >= 0.3 is 6.03 Å². The number of rotatable bonds is 5. The number of nitrogens with one attached hydrogen (secondary N) is 2. The number of benzene rings is 3. The monoisotopic (exact) mass is 399 g/mol. The molecule has 150 valence electrons. The van der Waals surface area contributed by atoms with Crippen molar-refractivity contribution < 1.29 is 9.53 Å². The summed E-state index contributed by atoms with van der Waals surface area (Å²) in [6.45, 7) is 0. The largest absolute Gasteiger partial charge is 0.438 e. The fraction of sp³-hybridized carbons (Fsp3) is 0.0870. The van der Waals surface area contributed by atoms with Crippen LogP contribution in [0.2, 0.25) is 0 Å². The lowest BCUT2D eigenvalue weighted by atomic mass is 10.2. The summed E-state index contributed by atoms with van der Waals surface area (Å²) in [7, 11) is 3.95. The van der Waals surface area contributed by atoms with E-state index in [0.29, 0.717) is 17.3 Å². The van der Waals surface area contributed by atoms with E-state index in [2.05, 4.69) is 20.6 Å². The predicted octanol–water partition coefficient (Wildman–Crippen LogP) is 5.13. The third kappa shape index (κ3) is 4.47. The van der Waals surface area contributed by atoms with Crippen molar-refractivity contribution in [2.45, 2.75) is 0 Å². The van der Waals surface area contributed by atoms with Crippen LogP contribution in [-0.4, -0.2) is 30.1 Å². The summed E-state index contributed by atoms with van der Waals surface area (Å²) >= 11 is 0. The predicted molar refractivity (Wildman–Crippen MR) is 119 cm³/mol. The minimum Gasteiger partial charge on any atom is -0.438 e. The van der Waals surface area contributed by atoms with Crippen LogP contribution in [0.3, 0.4) is 0 Å². The standard InChI is InChI=1S/C23H21N5O2/c1-28(2)18-10-13-21-20(14-18)22(25-15-24-21)30-19-11-8-17(9-12-19)27-23(29)26-16-6-4-3-5-7-16/h3-15H,1-2H3,(H2,26,27,29). The van der Waals surface area contributed by atoms with Gasteiger partial charge in [0, 0.05) is 31.2 Å². The Morgan fingerprint density at radius 1 is 0.867 bits per heavy atom. The van der Waals surface area contributed by atoms with Gasteiger partial charge in [0.05, 0.1) is 10.9 Å². The highest BCUT2D eigenvalue weighted by molar-refractivity contribution is 5.99. The lowest BCUT2D eigenvalue weighted by Gasteiger charge is -2.14. The minimum absolute atomic E-state index is 0.312. The van der Waals surface area contributed by atoms with Crippen molar-refractivity contribution in [3.05, 3.63) is 79.1 Å². The van der Waals surface area contributed by atoms with Crippen molar-refractivity contribution >= 4 is 34.0 Å². The number of aromatic nitrogens is 2. The van der Waals surface area contributed by atoms with Gasteiger partial charge in [-0.15, -0.1) is 0 Å². The molecule has 0 spiro atoms. The Hall–Kier alpha value is -4.13. The van der Waals surface area contributed by atoms with E-state index >= 15 is 0 Å². The maximum atomic E-state index is 12.1. The third-order valence-electron chi connectivity index (χ3n) is 4.46. The van der Waals surface area contributed by atoms with Crippen LogP contribution in [0.5, 0.6) is 11.6 Å². The van der Waals surface area contributed by atoms with E-state index in [9.17, 15) is 4.79 Å². The molecule has 1 aromatic heterocycles. The summed E-state index contributed by atoms with van der Waals surface area (Å²) in [6, 6.07) is 22.0. The van der Waals surface area contributed by atoms with Crippen molar-refractivity contribution in [1.29, 1.82) is 0 Å². The highest BCUT2D eigenvalue weighted by atomic mass is 16.5. The second kappa shape index (κ2) is 8.48. The molecule has 0 aliphatic rings. The number of hydrogen-bond donors (Lipinski definition) is 2. The summed E-state index contributed by atoms with van der Waals surface area (Å²) in [5.41, 5.74) is 3.22. The van der Waals surface area contributed by atoms with Gasteiger partial charge in [-0.2, -0.15) is 0 Å². The number of ether oxygens (including phenoxy) is 1. The Morgan fingerprint density at radius 2 is 1.57 bits per heavy atom. The van der Waals surface area contributed by atoms with Crippen LogP contribution in [0.15, 0.2) is 79.1 Å². The quantitative estimate of drug-likeness (QED) is 0.486. The number of nitrogens with zero attached hydrogens (tertiary/aromatic N) is 3. The maximum absolute atomic E-state index is 12.1. The molecule has 0 radical (unpaired) electrons. The zero-order valence-corrected chi connectivity index (χ0v) is 16.7. The number of amides is 2. The molecular weight excluding hydrogens is 378 g/mol. The molecule has 3 aromatic carbocycles. The number of fused-ring (bicyclic) bond motifs is 1. The summed E-state index contributed by atoms with van der Waals surface area (Å²) in [4.78, 5) is 22.7. The molecule has 4 rings (SSSR count). The smallest absolute Gasteiger partial charge is 0.323 e. The third-order valence-corrected chi connectivity index (χ3v) is 4.46. The van der Waals surface area contributed by atoms with Gasteiger partial charge in [0.15, 0.2) is 0 Å². The molecule has 30 heavy (non-hydrogen) atoms. The van der Waals surface area contributed by atoms with E-state index in [0.717, 1.165) is 22.3 Å². The van der Waals surface area contributed by atoms with Gasteiger partial charge in [0.1, 0.15) is 12.1 Å². The molecule has 0 saturated heterocycles. The number of carbonyl (C=O) groups excluding carboxylic acids is 1. The van der Waals surface area contributed by atoms with Crippen LogP contribution in [0, 0.1) is 0 Å². The number of urea groups is 1. The zero-order valence-electron chi connectivity index (χ0n) is 16.7. The molecule has 0 bridgehead atoms. The number of carbonyl (C=O) groups is 1. The van der Waals surface area contributed by atoms with E-state index in [1.807, 2.05) is 67.5 Å². The molecule has 1 heterocycles. The SMILES string of the molecule is CN(C)c1ccc2ncnc(Oc3ccc(NC(=O)Nc4ccccc4)cc3)c2c1. The number of para-hydroxylation sites is 1. The van der Waals surface area contributed by atoms with Crippen molar-refractivity contribution in [2.24, 2.45) is 0 Å². The fourth-order valence-electron chi connectivity index (χ4n) is 2.91. The molecule has 0 fully saturated rings. The van der Waals surface area contributed by atoms with Crippen LogP contribution >= 0.6 is 0 Å². The molecule has 7 nitrogen and oxygen atoms in total. The van der Waals surface area contributed by atoms with Gasteiger partial charge in [-0.1, -0.05) is 18.2 Å². The summed E-state index contributed by atoms with van der Waals surface area (Å²) < 4.78 is 5.98.